The van der Waals surface area contributed by atoms with E-state index in [1.54, 1.807) is 0 Å². The van der Waals surface area contributed by atoms with Crippen LogP contribution in [-0.4, -0.2) is 39.4 Å². The summed E-state index contributed by atoms with van der Waals surface area (Å²) in [7, 11) is 0. The van der Waals surface area contributed by atoms with Gasteiger partial charge in [-0.25, -0.2) is 4.79 Å². The van der Waals surface area contributed by atoms with Crippen molar-refractivity contribution in [3.05, 3.63) is 39.7 Å². The number of amides is 1. The Morgan fingerprint density at radius 2 is 2.10 bits per heavy atom. The lowest BCUT2D eigenvalue weighted by Crippen LogP contribution is -2.48. The summed E-state index contributed by atoms with van der Waals surface area (Å²) in [5.41, 5.74) is -0.814. The zero-order chi connectivity index (χ0) is 15.6. The molecule has 1 N–H and O–H groups in total. The molecule has 1 unspecified atom stereocenters. The maximum Gasteiger partial charge on any atom is 0.326 e. The summed E-state index contributed by atoms with van der Waals surface area (Å²) in [6, 6.07) is 1.87. The molecule has 0 saturated carbocycles. The first-order valence-electron chi connectivity index (χ1n) is 6.39. The molecule has 1 atom stereocenters. The van der Waals surface area contributed by atoms with Crippen LogP contribution in [0.15, 0.2) is 18.2 Å². The van der Waals surface area contributed by atoms with E-state index in [1.165, 1.54) is 4.90 Å². The molecule has 0 aromatic heterocycles. The molecule has 8 heteroatoms. The van der Waals surface area contributed by atoms with Gasteiger partial charge in [0.05, 0.1) is 4.92 Å². The minimum absolute atomic E-state index is 0.0914. The van der Waals surface area contributed by atoms with Gasteiger partial charge in [-0.2, -0.15) is 4.39 Å². The molecule has 1 aromatic carbocycles. The highest BCUT2D eigenvalue weighted by molar-refractivity contribution is 5.97. The Morgan fingerprint density at radius 3 is 2.67 bits per heavy atom. The highest BCUT2D eigenvalue weighted by Gasteiger charge is 2.33. The number of rotatable bonds is 3. The van der Waals surface area contributed by atoms with Crippen molar-refractivity contribution in [2.45, 2.75) is 25.3 Å². The number of carboxylic acid groups (broad SMARTS) is 1. The molecule has 1 heterocycles. The summed E-state index contributed by atoms with van der Waals surface area (Å²) >= 11 is 0. The van der Waals surface area contributed by atoms with Gasteiger partial charge in [0.25, 0.3) is 5.91 Å². The third kappa shape index (κ3) is 2.99. The molecule has 0 bridgehead atoms. The largest absolute Gasteiger partial charge is 0.480 e. The quantitative estimate of drug-likeness (QED) is 0.677. The number of carbonyl (C=O) groups is 2. The molecule has 2 rings (SSSR count). The molecule has 1 aromatic rings. The summed E-state index contributed by atoms with van der Waals surface area (Å²) in [5.74, 6) is -2.85. The lowest BCUT2D eigenvalue weighted by atomic mass is 10.0. The maximum atomic E-state index is 13.6. The molecule has 0 aliphatic carbocycles. The number of carboxylic acids is 1. The Kier molecular flexibility index (Phi) is 4.15. The number of hydrogen-bond acceptors (Lipinski definition) is 4. The molecule has 1 amide bonds. The molecule has 1 fully saturated rings. The van der Waals surface area contributed by atoms with Crippen LogP contribution in [0, 0.1) is 15.9 Å². The van der Waals surface area contributed by atoms with Crippen LogP contribution in [0.25, 0.3) is 0 Å². The van der Waals surface area contributed by atoms with Gasteiger partial charge >= 0.3 is 11.7 Å². The predicted molar refractivity (Wildman–Crippen MR) is 69.4 cm³/mol. The smallest absolute Gasteiger partial charge is 0.326 e. The number of piperidine rings is 1. The molecule has 21 heavy (non-hydrogen) atoms. The van der Waals surface area contributed by atoms with Gasteiger partial charge in [-0.05, 0) is 31.4 Å². The summed E-state index contributed by atoms with van der Waals surface area (Å²) in [6.07, 6.45) is 1.72. The fourth-order valence-corrected chi connectivity index (χ4v) is 2.39. The highest BCUT2D eigenvalue weighted by atomic mass is 19.1. The van der Waals surface area contributed by atoms with Gasteiger partial charge in [-0.3, -0.25) is 14.9 Å². The second-order valence-corrected chi connectivity index (χ2v) is 4.77. The van der Waals surface area contributed by atoms with E-state index in [1.807, 2.05) is 0 Å². The summed E-state index contributed by atoms with van der Waals surface area (Å²) in [6.45, 7) is 0.272. The van der Waals surface area contributed by atoms with Crippen LogP contribution in [-0.2, 0) is 4.79 Å². The number of nitro benzene ring substituents is 1. The molecule has 1 saturated heterocycles. The molecule has 0 radical (unpaired) electrons. The minimum Gasteiger partial charge on any atom is -0.480 e. The summed E-state index contributed by atoms with van der Waals surface area (Å²) in [4.78, 5) is 34.3. The van der Waals surface area contributed by atoms with Crippen molar-refractivity contribution in [2.75, 3.05) is 6.54 Å². The Labute approximate surface area is 119 Å². The molecule has 0 spiro atoms. The fourth-order valence-electron chi connectivity index (χ4n) is 2.39. The van der Waals surface area contributed by atoms with Crippen molar-refractivity contribution in [1.82, 2.24) is 4.90 Å². The highest BCUT2D eigenvalue weighted by Crippen LogP contribution is 2.23. The number of nitrogens with zero attached hydrogens (tertiary/aromatic N) is 2. The van der Waals surface area contributed by atoms with Gasteiger partial charge < -0.3 is 10.0 Å². The van der Waals surface area contributed by atoms with Crippen LogP contribution in [0.5, 0.6) is 0 Å². The van der Waals surface area contributed by atoms with Crippen LogP contribution in [0.1, 0.15) is 29.6 Å². The lowest BCUT2D eigenvalue weighted by molar-refractivity contribution is -0.387. The second kappa shape index (κ2) is 5.86. The zero-order valence-corrected chi connectivity index (χ0v) is 11.0. The minimum atomic E-state index is -1.12. The first kappa shape index (κ1) is 14.9. The molecule has 1 aliphatic rings. The van der Waals surface area contributed by atoms with Gasteiger partial charge in [0, 0.05) is 18.2 Å². The molecular formula is C13H13FN2O5. The van der Waals surface area contributed by atoms with Crippen molar-refractivity contribution in [1.29, 1.82) is 0 Å². The van der Waals surface area contributed by atoms with E-state index in [-0.39, 0.29) is 12.1 Å². The predicted octanol–water partition coefficient (Wildman–Crippen LogP) is 1.81. The van der Waals surface area contributed by atoms with Gasteiger partial charge in [0.2, 0.25) is 5.82 Å². The molecular weight excluding hydrogens is 283 g/mol. The van der Waals surface area contributed by atoms with Crippen LogP contribution in [0.3, 0.4) is 0 Å². The van der Waals surface area contributed by atoms with Gasteiger partial charge in [-0.1, -0.05) is 0 Å². The number of halogens is 1. The van der Waals surface area contributed by atoms with Crippen molar-refractivity contribution < 1.29 is 24.0 Å². The molecule has 112 valence electrons. The van der Waals surface area contributed by atoms with Gasteiger partial charge in [0.1, 0.15) is 6.04 Å². The van der Waals surface area contributed by atoms with E-state index in [4.69, 9.17) is 5.11 Å². The third-order valence-corrected chi connectivity index (χ3v) is 3.44. The zero-order valence-electron chi connectivity index (χ0n) is 11.0. The molecule has 1 aliphatic heterocycles. The normalized spacial score (nSPS) is 18.3. The van der Waals surface area contributed by atoms with Gasteiger partial charge in [0.15, 0.2) is 0 Å². The summed E-state index contributed by atoms with van der Waals surface area (Å²) < 4.78 is 13.6. The summed E-state index contributed by atoms with van der Waals surface area (Å²) in [5, 5.41) is 19.7. The fraction of sp³-hybridized carbons (Fsp3) is 0.385. The topological polar surface area (TPSA) is 101 Å². The lowest BCUT2D eigenvalue weighted by Gasteiger charge is -2.33. The van der Waals surface area contributed by atoms with E-state index >= 15 is 0 Å². The first-order valence-corrected chi connectivity index (χ1v) is 6.39. The van der Waals surface area contributed by atoms with E-state index in [2.05, 4.69) is 0 Å². The number of nitro groups is 1. The first-order chi connectivity index (χ1) is 9.91. The number of aliphatic carboxylic acids is 1. The van der Waals surface area contributed by atoms with Crippen molar-refractivity contribution in [3.63, 3.8) is 0 Å². The van der Waals surface area contributed by atoms with E-state index in [0.717, 1.165) is 18.2 Å². The van der Waals surface area contributed by atoms with E-state index in [9.17, 15) is 24.1 Å². The average Bonchev–Trinajstić information content (AvgIpc) is 2.45. The van der Waals surface area contributed by atoms with Crippen molar-refractivity contribution in [2.24, 2.45) is 0 Å². The SMILES string of the molecule is O=C(O)C1CCCCN1C(=O)c1ccc([N+](=O)[O-])c(F)c1. The van der Waals surface area contributed by atoms with Crippen LogP contribution < -0.4 is 0 Å². The number of benzene rings is 1. The Balaban J connectivity index is 2.28. The van der Waals surface area contributed by atoms with Crippen LogP contribution >= 0.6 is 0 Å². The second-order valence-electron chi connectivity index (χ2n) is 4.77. The monoisotopic (exact) mass is 296 g/mol. The Morgan fingerprint density at radius 1 is 1.38 bits per heavy atom. The van der Waals surface area contributed by atoms with Crippen LogP contribution in [0.2, 0.25) is 0 Å². The van der Waals surface area contributed by atoms with Gasteiger partial charge in [-0.15, -0.1) is 0 Å². The number of likely N-dealkylation sites (tertiary alicyclic amines) is 1. The third-order valence-electron chi connectivity index (χ3n) is 3.44. The number of carbonyl (C=O) groups excluding carboxylic acids is 1. The standard InChI is InChI=1S/C13H13FN2O5/c14-9-7-8(4-5-10(9)16(20)21)12(17)15-6-2-1-3-11(15)13(18)19/h4-5,7,11H,1-3,6H2,(H,18,19). The van der Waals surface area contributed by atoms with Crippen LogP contribution in [0.4, 0.5) is 10.1 Å². The van der Waals surface area contributed by atoms with E-state index in [0.29, 0.717) is 19.3 Å². The van der Waals surface area contributed by atoms with Crippen molar-refractivity contribution in [3.8, 4) is 0 Å². The Hall–Kier alpha value is -2.51. The van der Waals surface area contributed by atoms with Crippen molar-refractivity contribution >= 4 is 17.6 Å². The average molecular weight is 296 g/mol. The number of hydrogen-bond donors (Lipinski definition) is 1. The maximum absolute atomic E-state index is 13.6. The molecule has 7 nitrogen and oxygen atoms in total. The Bertz CT molecular complexity index is 604. The van der Waals surface area contributed by atoms with E-state index < -0.39 is 34.3 Å².